The molecular weight excluding hydrogens is 222 g/mol. The maximum absolute atomic E-state index is 11.3. The van der Waals surface area contributed by atoms with E-state index in [1.165, 1.54) is 12.1 Å². The monoisotopic (exact) mass is 235 g/mol. The summed E-state index contributed by atoms with van der Waals surface area (Å²) in [5.41, 5.74) is 0.898. The van der Waals surface area contributed by atoms with E-state index in [-0.39, 0.29) is 36.5 Å². The van der Waals surface area contributed by atoms with Gasteiger partial charge < -0.3 is 14.9 Å². The Morgan fingerprint density at radius 2 is 2.18 bits per heavy atom. The molecule has 0 aliphatic carbocycles. The third-order valence-corrected chi connectivity index (χ3v) is 2.24. The molecule has 0 amide bonds. The molecule has 0 saturated carbocycles. The Kier molecular flexibility index (Phi) is 4.49. The molecule has 0 fully saturated rings. The van der Waals surface area contributed by atoms with E-state index in [4.69, 9.17) is 15.1 Å². The minimum Gasteiger partial charge on any atom is -0.508 e. The van der Waals surface area contributed by atoms with Gasteiger partial charge in [0.25, 0.3) is 0 Å². The minimum absolute atomic E-state index is 0.0734. The molecule has 1 rings (SSSR count). The number of esters is 1. The molecule has 5 heteroatoms. The largest absolute Gasteiger partial charge is 0.508 e. The number of rotatable bonds is 4. The van der Waals surface area contributed by atoms with Gasteiger partial charge in [-0.3, -0.25) is 4.79 Å². The number of hydrogen-bond acceptors (Lipinski definition) is 5. The molecule has 1 aromatic carbocycles. The number of aromatic hydroxyl groups is 1. The molecule has 1 aromatic rings. The van der Waals surface area contributed by atoms with Crippen molar-refractivity contribution in [3.05, 3.63) is 28.8 Å². The molecule has 2 N–H and O–H groups in total. The van der Waals surface area contributed by atoms with Crippen LogP contribution in [0, 0.1) is 11.3 Å². The standard InChI is InChI=1S/C12H13NO4/c1-2-17-12(16)5-8-4-11(15)10(7-14)3-9(8)6-13/h3-4,14-15H,2,5,7H2,1H3. The fourth-order valence-corrected chi connectivity index (χ4v) is 1.42. The zero-order valence-corrected chi connectivity index (χ0v) is 9.43. The maximum Gasteiger partial charge on any atom is 0.310 e. The molecule has 0 bridgehead atoms. The lowest BCUT2D eigenvalue weighted by atomic mass is 10.0. The molecule has 0 saturated heterocycles. The van der Waals surface area contributed by atoms with Gasteiger partial charge in [0.05, 0.1) is 31.3 Å². The number of aliphatic hydroxyl groups is 1. The van der Waals surface area contributed by atoms with Crippen molar-refractivity contribution in [3.8, 4) is 11.8 Å². The normalized spacial score (nSPS) is 9.71. The predicted molar refractivity (Wildman–Crippen MR) is 59.1 cm³/mol. The Morgan fingerprint density at radius 3 is 2.71 bits per heavy atom. The van der Waals surface area contributed by atoms with Gasteiger partial charge in [-0.25, -0.2) is 0 Å². The number of benzene rings is 1. The summed E-state index contributed by atoms with van der Waals surface area (Å²) < 4.78 is 4.76. The molecule has 0 aromatic heterocycles. The molecule has 90 valence electrons. The zero-order valence-electron chi connectivity index (χ0n) is 9.43. The van der Waals surface area contributed by atoms with E-state index in [2.05, 4.69) is 0 Å². The van der Waals surface area contributed by atoms with Crippen molar-refractivity contribution in [1.82, 2.24) is 0 Å². The van der Waals surface area contributed by atoms with Crippen LogP contribution < -0.4 is 0 Å². The first-order chi connectivity index (χ1) is 8.12. The van der Waals surface area contributed by atoms with E-state index in [1.54, 1.807) is 6.92 Å². The van der Waals surface area contributed by atoms with Crippen LogP contribution in [0.1, 0.15) is 23.6 Å². The third-order valence-electron chi connectivity index (χ3n) is 2.24. The number of hydrogen-bond donors (Lipinski definition) is 2. The topological polar surface area (TPSA) is 90.6 Å². The highest BCUT2D eigenvalue weighted by Gasteiger charge is 2.12. The van der Waals surface area contributed by atoms with Gasteiger partial charge in [-0.05, 0) is 24.6 Å². The van der Waals surface area contributed by atoms with Crippen LogP contribution >= 0.6 is 0 Å². The smallest absolute Gasteiger partial charge is 0.310 e. The van der Waals surface area contributed by atoms with E-state index in [0.29, 0.717) is 5.56 Å². The van der Waals surface area contributed by atoms with Gasteiger partial charge in [-0.15, -0.1) is 0 Å². The van der Waals surface area contributed by atoms with Crippen LogP contribution in [0.15, 0.2) is 12.1 Å². The minimum atomic E-state index is -0.458. The Bertz CT molecular complexity index is 462. The first-order valence-corrected chi connectivity index (χ1v) is 5.13. The second-order valence-electron chi connectivity index (χ2n) is 3.39. The van der Waals surface area contributed by atoms with Gasteiger partial charge in [0.1, 0.15) is 5.75 Å². The van der Waals surface area contributed by atoms with Crippen molar-refractivity contribution in [1.29, 1.82) is 5.26 Å². The zero-order chi connectivity index (χ0) is 12.8. The maximum atomic E-state index is 11.3. The van der Waals surface area contributed by atoms with Crippen molar-refractivity contribution >= 4 is 5.97 Å². The van der Waals surface area contributed by atoms with Gasteiger partial charge in [-0.2, -0.15) is 5.26 Å². The fourth-order valence-electron chi connectivity index (χ4n) is 1.42. The van der Waals surface area contributed by atoms with Gasteiger partial charge in [0.2, 0.25) is 0 Å². The summed E-state index contributed by atoms with van der Waals surface area (Å²) in [7, 11) is 0. The number of aliphatic hydroxyl groups excluding tert-OH is 1. The first-order valence-electron chi connectivity index (χ1n) is 5.13. The number of nitriles is 1. The van der Waals surface area contributed by atoms with E-state index in [9.17, 15) is 9.90 Å². The average molecular weight is 235 g/mol. The number of ether oxygens (including phenoxy) is 1. The summed E-state index contributed by atoms with van der Waals surface area (Å²) >= 11 is 0. The number of carbonyl (C=O) groups is 1. The highest BCUT2D eigenvalue weighted by Crippen LogP contribution is 2.23. The van der Waals surface area contributed by atoms with Gasteiger partial charge >= 0.3 is 5.97 Å². The molecule has 0 aliphatic heterocycles. The summed E-state index contributed by atoms with van der Waals surface area (Å²) in [6.07, 6.45) is -0.0734. The predicted octanol–water partition coefficient (Wildman–Crippen LogP) is 0.862. The lowest BCUT2D eigenvalue weighted by Crippen LogP contribution is -2.09. The highest BCUT2D eigenvalue weighted by molar-refractivity contribution is 5.74. The van der Waals surface area contributed by atoms with Crippen LogP contribution in [-0.4, -0.2) is 22.8 Å². The summed E-state index contributed by atoms with van der Waals surface area (Å²) in [4.78, 5) is 11.3. The molecule has 0 heterocycles. The summed E-state index contributed by atoms with van der Waals surface area (Å²) in [5, 5.41) is 27.4. The van der Waals surface area contributed by atoms with Crippen LogP contribution in [0.25, 0.3) is 0 Å². The Morgan fingerprint density at radius 1 is 1.47 bits per heavy atom. The lowest BCUT2D eigenvalue weighted by Gasteiger charge is -2.07. The molecule has 0 spiro atoms. The van der Waals surface area contributed by atoms with Gasteiger partial charge in [0.15, 0.2) is 0 Å². The van der Waals surface area contributed by atoms with Crippen molar-refractivity contribution in [2.75, 3.05) is 6.61 Å². The molecule has 0 aliphatic rings. The van der Waals surface area contributed by atoms with Crippen molar-refractivity contribution in [2.24, 2.45) is 0 Å². The first kappa shape index (κ1) is 13.0. The molecule has 0 radical (unpaired) electrons. The van der Waals surface area contributed by atoms with Gasteiger partial charge in [-0.1, -0.05) is 0 Å². The van der Waals surface area contributed by atoms with Crippen molar-refractivity contribution in [2.45, 2.75) is 20.0 Å². The van der Waals surface area contributed by atoms with Crippen LogP contribution in [0.2, 0.25) is 0 Å². The summed E-state index contributed by atoms with van der Waals surface area (Å²) in [5.74, 6) is -0.592. The van der Waals surface area contributed by atoms with Crippen molar-refractivity contribution in [3.63, 3.8) is 0 Å². The van der Waals surface area contributed by atoms with Gasteiger partial charge in [0, 0.05) is 5.56 Å². The Labute approximate surface area is 98.9 Å². The summed E-state index contributed by atoms with van der Waals surface area (Å²) in [6.45, 7) is 1.59. The quantitative estimate of drug-likeness (QED) is 0.755. The molecular formula is C12H13NO4. The molecule has 17 heavy (non-hydrogen) atoms. The van der Waals surface area contributed by atoms with E-state index >= 15 is 0 Å². The van der Waals surface area contributed by atoms with E-state index < -0.39 is 5.97 Å². The van der Waals surface area contributed by atoms with E-state index in [0.717, 1.165) is 0 Å². The lowest BCUT2D eigenvalue weighted by molar-refractivity contribution is -0.142. The van der Waals surface area contributed by atoms with Crippen LogP contribution in [0.3, 0.4) is 0 Å². The molecule has 5 nitrogen and oxygen atoms in total. The summed E-state index contributed by atoms with van der Waals surface area (Å²) in [6, 6.07) is 4.59. The van der Waals surface area contributed by atoms with Crippen molar-refractivity contribution < 1.29 is 19.7 Å². The SMILES string of the molecule is CCOC(=O)Cc1cc(O)c(CO)cc1C#N. The molecule has 0 atom stereocenters. The van der Waals surface area contributed by atoms with Crippen LogP contribution in [-0.2, 0) is 22.6 Å². The Balaban J connectivity index is 3.03. The van der Waals surface area contributed by atoms with E-state index in [1.807, 2.05) is 6.07 Å². The van der Waals surface area contributed by atoms with Crippen LogP contribution in [0.4, 0.5) is 0 Å². The second kappa shape index (κ2) is 5.87. The average Bonchev–Trinajstić information content (AvgIpc) is 2.29. The van der Waals surface area contributed by atoms with Crippen LogP contribution in [0.5, 0.6) is 5.75 Å². The number of phenols is 1. The highest BCUT2D eigenvalue weighted by atomic mass is 16.5. The molecule has 0 unspecified atom stereocenters. The number of nitrogens with zero attached hydrogens (tertiary/aromatic N) is 1. The fraction of sp³-hybridized carbons (Fsp3) is 0.333. The number of carbonyl (C=O) groups excluding carboxylic acids is 1. The third kappa shape index (κ3) is 3.20. The Hall–Kier alpha value is -2.06. The second-order valence-corrected chi connectivity index (χ2v) is 3.39.